The van der Waals surface area contributed by atoms with Crippen molar-refractivity contribution in [2.45, 2.75) is 13.0 Å². The van der Waals surface area contributed by atoms with Crippen molar-refractivity contribution in [2.24, 2.45) is 0 Å². The summed E-state index contributed by atoms with van der Waals surface area (Å²) in [6.07, 6.45) is 1.09. The van der Waals surface area contributed by atoms with E-state index in [9.17, 15) is 9.90 Å². The van der Waals surface area contributed by atoms with Gasteiger partial charge in [0.05, 0.1) is 12.6 Å². The highest BCUT2D eigenvalue weighted by atomic mass is 16.3. The number of rotatable bonds is 6. The summed E-state index contributed by atoms with van der Waals surface area (Å²) < 4.78 is 0. The molecule has 0 spiro atoms. The first-order valence-electron chi connectivity index (χ1n) is 5.53. The van der Waals surface area contributed by atoms with Crippen LogP contribution in [0.5, 0.6) is 0 Å². The average molecular weight is 234 g/mol. The minimum Gasteiger partial charge on any atom is -0.389 e. The quantitative estimate of drug-likeness (QED) is 0.516. The predicted octanol–water partition coefficient (Wildman–Crippen LogP) is 1.45. The predicted molar refractivity (Wildman–Crippen MR) is 68.8 cm³/mol. The van der Waals surface area contributed by atoms with E-state index in [1.807, 2.05) is 12.1 Å². The lowest BCUT2D eigenvalue weighted by atomic mass is 10.1. The van der Waals surface area contributed by atoms with Gasteiger partial charge < -0.3 is 15.7 Å². The van der Waals surface area contributed by atoms with Gasteiger partial charge in [-0.3, -0.25) is 4.79 Å². The summed E-state index contributed by atoms with van der Waals surface area (Å²) in [7, 11) is 0. The molecule has 17 heavy (non-hydrogen) atoms. The molecule has 1 atom stereocenters. The Bertz CT molecular complexity index is 389. The molecule has 0 aliphatic carbocycles. The second-order valence-corrected chi connectivity index (χ2v) is 3.73. The molecule has 92 valence electrons. The van der Waals surface area contributed by atoms with Crippen molar-refractivity contribution in [3.05, 3.63) is 42.5 Å². The lowest BCUT2D eigenvalue weighted by Crippen LogP contribution is -2.28. The maximum absolute atomic E-state index is 11.6. The van der Waals surface area contributed by atoms with E-state index in [0.717, 1.165) is 0 Å². The lowest BCUT2D eigenvalue weighted by Gasteiger charge is -2.12. The van der Waals surface area contributed by atoms with E-state index in [1.165, 1.54) is 0 Å². The van der Waals surface area contributed by atoms with Crippen LogP contribution in [0.15, 0.2) is 36.9 Å². The summed E-state index contributed by atoms with van der Waals surface area (Å²) in [5.74, 6) is -0.139. The van der Waals surface area contributed by atoms with Gasteiger partial charge in [0, 0.05) is 17.8 Å². The summed E-state index contributed by atoms with van der Waals surface area (Å²) >= 11 is 0. The number of carbonyl (C=O) groups is 1. The monoisotopic (exact) mass is 234 g/mol. The van der Waals surface area contributed by atoms with Crippen LogP contribution in [0, 0.1) is 0 Å². The summed E-state index contributed by atoms with van der Waals surface area (Å²) in [6, 6.07) is 7.21. The zero-order valence-corrected chi connectivity index (χ0v) is 9.94. The number of nitrogens with one attached hydrogen (secondary N) is 2. The lowest BCUT2D eigenvalue weighted by molar-refractivity contribution is -0.115. The molecule has 3 N–H and O–H groups in total. The molecular formula is C13H18N2O2. The Labute approximate surface area is 101 Å². The van der Waals surface area contributed by atoms with Gasteiger partial charge in [-0.25, -0.2) is 0 Å². The molecule has 0 saturated carbocycles. The summed E-state index contributed by atoms with van der Waals surface area (Å²) in [5, 5.41) is 15.2. The second-order valence-electron chi connectivity index (χ2n) is 3.73. The minimum absolute atomic E-state index is 0.139. The maximum atomic E-state index is 11.6. The Morgan fingerprint density at radius 3 is 2.88 bits per heavy atom. The van der Waals surface area contributed by atoms with Crippen LogP contribution in [-0.2, 0) is 4.79 Å². The number of benzene rings is 1. The van der Waals surface area contributed by atoms with Gasteiger partial charge >= 0.3 is 0 Å². The van der Waals surface area contributed by atoms with Crippen molar-refractivity contribution < 1.29 is 9.90 Å². The number of amides is 1. The molecule has 1 unspecified atom stereocenters. The largest absolute Gasteiger partial charge is 0.389 e. The van der Waals surface area contributed by atoms with Crippen LogP contribution in [0.4, 0.5) is 5.69 Å². The summed E-state index contributed by atoms with van der Waals surface area (Å²) in [5.41, 5.74) is 1.36. The molecule has 4 heteroatoms. The standard InChI is InChI=1S/C13H18N2O2/c1-3-8-14-9-13(17)15-12-7-5-4-6-11(12)10(2)16/h3-7,10,14,16H,1,8-9H2,2H3,(H,15,17). The van der Waals surface area contributed by atoms with Crippen LogP contribution in [0.3, 0.4) is 0 Å². The normalized spacial score (nSPS) is 11.9. The molecule has 1 aromatic rings. The molecule has 0 bridgehead atoms. The third kappa shape index (κ3) is 4.38. The highest BCUT2D eigenvalue weighted by Crippen LogP contribution is 2.21. The highest BCUT2D eigenvalue weighted by molar-refractivity contribution is 5.93. The van der Waals surface area contributed by atoms with E-state index in [4.69, 9.17) is 0 Å². The molecule has 0 aliphatic heterocycles. The molecule has 1 aromatic carbocycles. The van der Waals surface area contributed by atoms with E-state index >= 15 is 0 Å². The van der Waals surface area contributed by atoms with Crippen molar-refractivity contribution in [1.29, 1.82) is 0 Å². The van der Waals surface area contributed by atoms with Gasteiger partial charge in [-0.15, -0.1) is 6.58 Å². The molecule has 0 fully saturated rings. The Hall–Kier alpha value is -1.65. The minimum atomic E-state index is -0.604. The summed E-state index contributed by atoms with van der Waals surface area (Å²) in [4.78, 5) is 11.6. The van der Waals surface area contributed by atoms with Crippen molar-refractivity contribution in [3.63, 3.8) is 0 Å². The third-order valence-electron chi connectivity index (χ3n) is 2.26. The molecule has 0 aliphatic rings. The number of aliphatic hydroxyl groups excluding tert-OH is 1. The maximum Gasteiger partial charge on any atom is 0.238 e. The zero-order chi connectivity index (χ0) is 12.7. The molecule has 1 amide bonds. The van der Waals surface area contributed by atoms with Crippen LogP contribution in [0.25, 0.3) is 0 Å². The van der Waals surface area contributed by atoms with Crippen LogP contribution in [0.2, 0.25) is 0 Å². The fourth-order valence-electron chi connectivity index (χ4n) is 1.46. The Morgan fingerprint density at radius 2 is 2.24 bits per heavy atom. The topological polar surface area (TPSA) is 61.4 Å². The zero-order valence-electron chi connectivity index (χ0n) is 9.94. The highest BCUT2D eigenvalue weighted by Gasteiger charge is 2.09. The fraction of sp³-hybridized carbons (Fsp3) is 0.308. The number of hydrogen-bond acceptors (Lipinski definition) is 3. The first-order valence-corrected chi connectivity index (χ1v) is 5.53. The van der Waals surface area contributed by atoms with Gasteiger partial charge in [-0.05, 0) is 13.0 Å². The molecule has 0 saturated heterocycles. The first kappa shape index (κ1) is 13.4. The van der Waals surface area contributed by atoms with E-state index in [2.05, 4.69) is 17.2 Å². The van der Waals surface area contributed by atoms with Crippen molar-refractivity contribution in [1.82, 2.24) is 5.32 Å². The Kier molecular flexibility index (Phi) is 5.39. The molecule has 0 radical (unpaired) electrons. The van der Waals surface area contributed by atoms with E-state index < -0.39 is 6.10 Å². The number of anilines is 1. The van der Waals surface area contributed by atoms with Crippen molar-refractivity contribution in [3.8, 4) is 0 Å². The van der Waals surface area contributed by atoms with Crippen molar-refractivity contribution in [2.75, 3.05) is 18.4 Å². The Morgan fingerprint density at radius 1 is 1.53 bits per heavy atom. The molecule has 1 rings (SSSR count). The number of para-hydroxylation sites is 1. The SMILES string of the molecule is C=CCNCC(=O)Nc1ccccc1C(C)O. The molecular weight excluding hydrogens is 216 g/mol. The molecule has 0 aromatic heterocycles. The Balaban J connectivity index is 2.61. The number of hydrogen-bond donors (Lipinski definition) is 3. The molecule has 0 heterocycles. The van der Waals surface area contributed by atoms with E-state index in [1.54, 1.807) is 25.1 Å². The van der Waals surface area contributed by atoms with Gasteiger partial charge in [0.1, 0.15) is 0 Å². The number of aliphatic hydroxyl groups is 1. The first-order chi connectivity index (χ1) is 8.15. The van der Waals surface area contributed by atoms with Crippen LogP contribution < -0.4 is 10.6 Å². The third-order valence-corrected chi connectivity index (χ3v) is 2.26. The molecule has 4 nitrogen and oxygen atoms in total. The van der Waals surface area contributed by atoms with Gasteiger partial charge in [-0.1, -0.05) is 24.3 Å². The smallest absolute Gasteiger partial charge is 0.238 e. The fourth-order valence-corrected chi connectivity index (χ4v) is 1.46. The van der Waals surface area contributed by atoms with Gasteiger partial charge in [0.15, 0.2) is 0 Å². The van der Waals surface area contributed by atoms with Gasteiger partial charge in [-0.2, -0.15) is 0 Å². The van der Waals surface area contributed by atoms with Crippen LogP contribution >= 0.6 is 0 Å². The summed E-state index contributed by atoms with van der Waals surface area (Å²) in [6.45, 7) is 6.03. The van der Waals surface area contributed by atoms with Gasteiger partial charge in [0.2, 0.25) is 5.91 Å². The van der Waals surface area contributed by atoms with Crippen LogP contribution in [-0.4, -0.2) is 24.1 Å². The average Bonchev–Trinajstić information content (AvgIpc) is 2.29. The van der Waals surface area contributed by atoms with Crippen molar-refractivity contribution >= 4 is 11.6 Å². The van der Waals surface area contributed by atoms with E-state index in [0.29, 0.717) is 17.8 Å². The second kappa shape index (κ2) is 6.83. The van der Waals surface area contributed by atoms with Gasteiger partial charge in [0.25, 0.3) is 0 Å². The van der Waals surface area contributed by atoms with E-state index in [-0.39, 0.29) is 12.5 Å². The van der Waals surface area contributed by atoms with Crippen LogP contribution in [0.1, 0.15) is 18.6 Å². The number of carbonyl (C=O) groups excluding carboxylic acids is 1.